The summed E-state index contributed by atoms with van der Waals surface area (Å²) in [5.74, 6) is -8.69. The Hall–Kier alpha value is -5.20. The number of hydrogen-bond donors (Lipinski definition) is 14. The van der Waals surface area contributed by atoms with E-state index in [0.29, 0.717) is 4.90 Å². The topological polar surface area (TPSA) is 532 Å². The number of aliphatic hydroxyl groups excluding tert-OH is 7. The molecule has 0 radical (unpaired) electrons. The van der Waals surface area contributed by atoms with Crippen molar-refractivity contribution in [2.45, 2.75) is 242 Å². The number of ether oxygens (including phenoxy) is 11. The average molecular weight is 1420 g/mol. The van der Waals surface area contributed by atoms with Crippen molar-refractivity contribution in [3.8, 4) is 0 Å². The Morgan fingerprint density at radius 3 is 1.34 bits per heavy atom. The Bertz CT molecular complexity index is 2780. The van der Waals surface area contributed by atoms with Crippen LogP contribution in [0.5, 0.6) is 0 Å². The van der Waals surface area contributed by atoms with Gasteiger partial charge in [0.1, 0.15) is 105 Å². The summed E-state index contributed by atoms with van der Waals surface area (Å²) in [6.45, 7) is 3.94. The zero-order valence-electron chi connectivity index (χ0n) is 52.3. The van der Waals surface area contributed by atoms with Crippen LogP contribution >= 0.6 is 24.4 Å². The van der Waals surface area contributed by atoms with Gasteiger partial charge in [-0.25, -0.2) is 43.7 Å². The summed E-state index contributed by atoms with van der Waals surface area (Å²) < 4.78 is 63.3. The molecule has 7 rings (SSSR count). The van der Waals surface area contributed by atoms with Crippen molar-refractivity contribution in [2.24, 2.45) is 0 Å². The number of thiol groups is 1. The number of esters is 2. The molecule has 0 bridgehead atoms. The third-order valence-corrected chi connectivity index (χ3v) is 17.0. The Kier molecular flexibility index (Phi) is 29.5. The molecule has 0 spiro atoms. The van der Waals surface area contributed by atoms with E-state index in [9.17, 15) is 89.4 Å². The van der Waals surface area contributed by atoms with Crippen LogP contribution in [0.3, 0.4) is 0 Å². The summed E-state index contributed by atoms with van der Waals surface area (Å²) in [5, 5.41) is 116. The number of thioether (sulfide) groups is 1. The highest BCUT2D eigenvalue weighted by Gasteiger charge is 2.57. The number of rotatable bonds is 30. The van der Waals surface area contributed by atoms with Crippen LogP contribution in [0.2, 0.25) is 0 Å². The molecule has 0 saturated carbocycles. The molecule has 13 N–H and O–H groups in total. The second-order valence-corrected chi connectivity index (χ2v) is 24.6. The fraction of sp³-hybridized carbons (Fsp3) is 0.750. The number of aliphatic carboxylic acids is 3. The lowest BCUT2D eigenvalue weighted by molar-refractivity contribution is -0.461. The minimum atomic E-state index is -2.34. The third kappa shape index (κ3) is 20.7. The standard InChI is InChI=1S/C56H81N3O35S2/c1-7-35(64)79-18-33-30(91-93-55-41(70)39(68)44(47(88-55)50(74)75)86-52-26(57-21(3)61)14-29(90-78-6)32(17-60)82-52)15-28(59-23(5)63)54(83-33)87-45-40(69)42(71)56(89-48(45)51(76)77)94-92-31-16-27(58-22(4)62)53(85-43-38(67)37(66)20(2)81-46(43)49(72)73)84-34(31)19-80-36(65)11-12-96-25-10-8-9-24(95)13-25/h8-10,13,20,26-34,37-48,52-56,60,66-71,95H,7,11-12,14-19H2,1-6H3,(H,57,61)(H,58,62)(H,59,63)(H,72,73)(H,74,75)(H,76,77)/t20?,26-,27-,28?,29-,30-,31-,32-,33-,34?,37?,38?,39?,40?,41?,42?,43+,44+,45+,46?,47?,48?,52-,53-,54?,55?,56?/m0/s1. The van der Waals surface area contributed by atoms with E-state index in [0.717, 1.165) is 25.7 Å². The van der Waals surface area contributed by atoms with Gasteiger partial charge in [0.25, 0.3) is 0 Å². The summed E-state index contributed by atoms with van der Waals surface area (Å²) in [5.41, 5.74) is 0. The molecular weight excluding hydrogens is 1340 g/mol. The zero-order chi connectivity index (χ0) is 70.4. The summed E-state index contributed by atoms with van der Waals surface area (Å²) in [7, 11) is 1.18. The molecule has 40 heteroatoms. The summed E-state index contributed by atoms with van der Waals surface area (Å²) in [6.07, 6.45) is -45.7. The molecule has 0 aromatic heterocycles. The monoisotopic (exact) mass is 1420 g/mol. The Labute approximate surface area is 556 Å². The Morgan fingerprint density at radius 1 is 0.542 bits per heavy atom. The minimum absolute atomic E-state index is 0.125. The normalized spacial score (nSPS) is 37.9. The largest absolute Gasteiger partial charge is 0.479 e. The maximum absolute atomic E-state index is 13.2. The number of aliphatic hydroxyl groups is 7. The summed E-state index contributed by atoms with van der Waals surface area (Å²) in [6, 6.07) is 3.15. The number of carboxylic acid groups (broad SMARTS) is 3. The smallest absolute Gasteiger partial charge is 0.335 e. The van der Waals surface area contributed by atoms with Crippen molar-refractivity contribution in [3.63, 3.8) is 0 Å². The number of benzene rings is 1. The van der Waals surface area contributed by atoms with Crippen LogP contribution in [0.25, 0.3) is 0 Å². The van der Waals surface area contributed by atoms with Crippen molar-refractivity contribution in [2.75, 3.05) is 32.7 Å². The van der Waals surface area contributed by atoms with Gasteiger partial charge in [0.15, 0.2) is 37.2 Å². The highest BCUT2D eigenvalue weighted by molar-refractivity contribution is 7.99. The first kappa shape index (κ1) is 78.1. The van der Waals surface area contributed by atoms with Gasteiger partial charge in [-0.15, -0.1) is 24.4 Å². The van der Waals surface area contributed by atoms with Gasteiger partial charge >= 0.3 is 29.8 Å². The fourth-order valence-electron chi connectivity index (χ4n) is 11.0. The molecule has 38 nitrogen and oxygen atoms in total. The van der Waals surface area contributed by atoms with Gasteiger partial charge in [0.05, 0.1) is 44.4 Å². The SMILES string of the molecule is CCC(=O)OC[C@@H]1OC(O[C@H]2C(C(=O)O)OC(OO[C@H]3C[C@H](NC(C)=O)[C@H](O[C@H]4C(C(=O)O)OC(C)C(O)C4O)OC3COC(=O)CCSc3cccc(S)c3)C(O)C2O)C(NC(C)=O)C[C@@H]1OOC1OC(C(=O)O)[C@H](O[C@@H]2O[C@@H](CO)[C@@H](OOC)C[C@@H]2NC(C)=O)C(O)C1O. The van der Waals surface area contributed by atoms with E-state index in [1.165, 1.54) is 32.7 Å². The first-order chi connectivity index (χ1) is 45.5. The van der Waals surface area contributed by atoms with Crippen LogP contribution in [0.4, 0.5) is 0 Å². The number of carbonyl (C=O) groups is 8. The molecule has 6 aliphatic rings. The van der Waals surface area contributed by atoms with Crippen LogP contribution in [-0.2, 0) is 120 Å². The zero-order valence-corrected chi connectivity index (χ0v) is 54.0. The lowest BCUT2D eigenvalue weighted by Gasteiger charge is -2.46. The lowest BCUT2D eigenvalue weighted by Crippen LogP contribution is -2.65. The second kappa shape index (κ2) is 36.2. The molecule has 6 heterocycles. The molecule has 6 saturated heterocycles. The maximum Gasteiger partial charge on any atom is 0.335 e. The van der Waals surface area contributed by atoms with Crippen LogP contribution in [0.15, 0.2) is 34.1 Å². The van der Waals surface area contributed by atoms with E-state index in [1.54, 1.807) is 24.3 Å². The van der Waals surface area contributed by atoms with E-state index >= 15 is 0 Å². The highest BCUT2D eigenvalue weighted by Crippen LogP contribution is 2.37. The quantitative estimate of drug-likeness (QED) is 0.0113. The maximum atomic E-state index is 13.2. The summed E-state index contributed by atoms with van der Waals surface area (Å²) in [4.78, 5) is 135. The molecule has 1 aromatic carbocycles. The van der Waals surface area contributed by atoms with Crippen molar-refractivity contribution in [1.29, 1.82) is 0 Å². The number of carboxylic acids is 3. The lowest BCUT2D eigenvalue weighted by atomic mass is 9.94. The van der Waals surface area contributed by atoms with E-state index in [1.807, 2.05) is 0 Å². The first-order valence-corrected chi connectivity index (χ1v) is 31.6. The molecule has 0 aliphatic carbocycles. The first-order valence-electron chi connectivity index (χ1n) is 30.2. The highest BCUT2D eigenvalue weighted by atomic mass is 32.2. The van der Waals surface area contributed by atoms with Crippen LogP contribution in [0.1, 0.15) is 66.7 Å². The molecule has 3 amide bonds. The van der Waals surface area contributed by atoms with Gasteiger partial charge < -0.3 is 119 Å². The molecular formula is C56H81N3O35S2. The molecule has 96 heavy (non-hydrogen) atoms. The number of amides is 3. The fourth-order valence-corrected chi connectivity index (χ4v) is 12.2. The average Bonchev–Trinajstić information content (AvgIpc) is 0.797. The second-order valence-electron chi connectivity index (χ2n) is 22.9. The van der Waals surface area contributed by atoms with Gasteiger partial charge in [-0.3, -0.25) is 24.0 Å². The van der Waals surface area contributed by atoms with E-state index in [4.69, 9.17) is 81.4 Å². The van der Waals surface area contributed by atoms with Crippen LogP contribution in [0, 0.1) is 0 Å². The predicted octanol–water partition coefficient (Wildman–Crippen LogP) is -4.80. The van der Waals surface area contributed by atoms with Gasteiger partial charge in [0.2, 0.25) is 30.3 Å². The number of carbonyl (C=O) groups excluding carboxylic acids is 5. The van der Waals surface area contributed by atoms with Crippen molar-refractivity contribution >= 4 is 72.0 Å². The van der Waals surface area contributed by atoms with Gasteiger partial charge in [-0.1, -0.05) is 13.0 Å². The Balaban J connectivity index is 1.06. The molecule has 1 aromatic rings. The third-order valence-electron chi connectivity index (χ3n) is 15.7. The minimum Gasteiger partial charge on any atom is -0.479 e. The van der Waals surface area contributed by atoms with Crippen LogP contribution < -0.4 is 16.0 Å². The van der Waals surface area contributed by atoms with Crippen molar-refractivity contribution in [3.05, 3.63) is 24.3 Å². The predicted molar refractivity (Wildman–Crippen MR) is 310 cm³/mol. The van der Waals surface area contributed by atoms with E-state index < -0.39 is 246 Å². The van der Waals surface area contributed by atoms with Crippen molar-refractivity contribution in [1.82, 2.24) is 16.0 Å². The molecule has 27 atom stereocenters. The molecule has 6 aliphatic heterocycles. The van der Waals surface area contributed by atoms with Gasteiger partial charge in [-0.2, -0.15) is 0 Å². The Morgan fingerprint density at radius 2 is 0.948 bits per heavy atom. The number of hydrogen-bond acceptors (Lipinski definition) is 34. The van der Waals surface area contributed by atoms with E-state index in [2.05, 4.69) is 28.6 Å². The molecule has 15 unspecified atom stereocenters. The summed E-state index contributed by atoms with van der Waals surface area (Å²) >= 11 is 5.63. The van der Waals surface area contributed by atoms with E-state index in [-0.39, 0.29) is 25.0 Å². The molecule has 542 valence electrons. The molecule has 6 fully saturated rings. The number of nitrogens with one attached hydrogen (secondary N) is 3. The van der Waals surface area contributed by atoms with Gasteiger partial charge in [-0.05, 0) is 25.1 Å². The van der Waals surface area contributed by atoms with Crippen LogP contribution in [-0.4, -0.2) is 297 Å². The van der Waals surface area contributed by atoms with Gasteiger partial charge in [0, 0.05) is 62.0 Å². The van der Waals surface area contributed by atoms with Crippen molar-refractivity contribution < 1.29 is 171 Å².